The second-order valence-electron chi connectivity index (χ2n) is 3.82. The zero-order valence-corrected chi connectivity index (χ0v) is 9.23. The number of ether oxygens (including phenoxy) is 2. The van der Waals surface area contributed by atoms with E-state index in [2.05, 4.69) is 0 Å². The van der Waals surface area contributed by atoms with E-state index in [1.54, 1.807) is 0 Å². The molecule has 1 fully saturated rings. The van der Waals surface area contributed by atoms with Gasteiger partial charge in [-0.2, -0.15) is 0 Å². The van der Waals surface area contributed by atoms with Gasteiger partial charge in [0.15, 0.2) is 5.78 Å². The second-order valence-corrected chi connectivity index (χ2v) is 3.82. The highest BCUT2D eigenvalue weighted by Gasteiger charge is 2.48. The van der Waals surface area contributed by atoms with Crippen LogP contribution in [-0.2, 0) is 28.7 Å². The predicted octanol–water partition coefficient (Wildman–Crippen LogP) is -0.0131. The van der Waals surface area contributed by atoms with Gasteiger partial charge in [0.05, 0.1) is 0 Å². The van der Waals surface area contributed by atoms with Crippen molar-refractivity contribution in [1.82, 2.24) is 0 Å². The molecular formula is C10H12O6. The molecule has 1 aliphatic heterocycles. The standard InChI is InChI=1S/C10H12O6/c1-4-5(11)7(12)6-8(13)15-10(2,3)16-9(6)14/h6H,4H2,1-3H3. The van der Waals surface area contributed by atoms with E-state index in [1.165, 1.54) is 20.8 Å². The lowest BCUT2D eigenvalue weighted by molar-refractivity contribution is -0.238. The third kappa shape index (κ3) is 2.26. The molecule has 1 aliphatic rings. The fourth-order valence-corrected chi connectivity index (χ4v) is 1.27. The Kier molecular flexibility index (Phi) is 3.11. The molecule has 6 heteroatoms. The monoisotopic (exact) mass is 228 g/mol. The maximum Gasteiger partial charge on any atom is 0.331 e. The Hall–Kier alpha value is -1.72. The van der Waals surface area contributed by atoms with Crippen LogP contribution in [0.25, 0.3) is 0 Å². The smallest absolute Gasteiger partial charge is 0.331 e. The van der Waals surface area contributed by atoms with Crippen LogP contribution < -0.4 is 0 Å². The minimum Gasteiger partial charge on any atom is -0.422 e. The topological polar surface area (TPSA) is 86.7 Å². The molecule has 0 aliphatic carbocycles. The van der Waals surface area contributed by atoms with Crippen molar-refractivity contribution in [2.24, 2.45) is 5.92 Å². The van der Waals surface area contributed by atoms with E-state index < -0.39 is 35.2 Å². The quantitative estimate of drug-likeness (QED) is 0.383. The summed E-state index contributed by atoms with van der Waals surface area (Å²) in [7, 11) is 0. The Morgan fingerprint density at radius 3 is 2.00 bits per heavy atom. The van der Waals surface area contributed by atoms with Gasteiger partial charge < -0.3 is 9.47 Å². The number of Topliss-reactive ketones (excluding diaryl/α,β-unsaturated/α-hetero) is 2. The van der Waals surface area contributed by atoms with Crippen molar-refractivity contribution in [3.63, 3.8) is 0 Å². The minimum atomic E-state index is -1.76. The molecule has 16 heavy (non-hydrogen) atoms. The van der Waals surface area contributed by atoms with Gasteiger partial charge in [-0.15, -0.1) is 0 Å². The van der Waals surface area contributed by atoms with Gasteiger partial charge in [0, 0.05) is 20.3 Å². The molecule has 0 N–H and O–H groups in total. The Labute approximate surface area is 91.9 Å². The van der Waals surface area contributed by atoms with Crippen molar-refractivity contribution in [3.8, 4) is 0 Å². The van der Waals surface area contributed by atoms with Crippen LogP contribution in [0.1, 0.15) is 27.2 Å². The zero-order chi connectivity index (χ0) is 12.5. The molecule has 0 bridgehead atoms. The Morgan fingerprint density at radius 1 is 1.19 bits per heavy atom. The van der Waals surface area contributed by atoms with E-state index in [0.29, 0.717) is 0 Å². The summed E-state index contributed by atoms with van der Waals surface area (Å²) in [5.74, 6) is -7.09. The summed E-state index contributed by atoms with van der Waals surface area (Å²) in [6.45, 7) is 4.19. The van der Waals surface area contributed by atoms with Crippen LogP contribution >= 0.6 is 0 Å². The molecule has 0 aromatic rings. The number of cyclic esters (lactones) is 2. The SMILES string of the molecule is CCC(=O)C(=O)C1C(=O)OC(C)(C)OC1=O. The lowest BCUT2D eigenvalue weighted by Gasteiger charge is -2.31. The summed E-state index contributed by atoms with van der Waals surface area (Å²) in [5, 5.41) is 0. The molecule has 0 atom stereocenters. The highest BCUT2D eigenvalue weighted by atomic mass is 16.7. The number of carbonyl (C=O) groups is 4. The van der Waals surface area contributed by atoms with Crippen LogP contribution in [0.15, 0.2) is 0 Å². The average molecular weight is 228 g/mol. The van der Waals surface area contributed by atoms with Gasteiger partial charge in [-0.3, -0.25) is 19.2 Å². The molecular weight excluding hydrogens is 216 g/mol. The third-order valence-electron chi connectivity index (χ3n) is 2.02. The first-order valence-electron chi connectivity index (χ1n) is 4.81. The van der Waals surface area contributed by atoms with Gasteiger partial charge in [-0.25, -0.2) is 0 Å². The number of rotatable bonds is 3. The molecule has 1 heterocycles. The summed E-state index contributed by atoms with van der Waals surface area (Å²) in [6, 6.07) is 0. The van der Waals surface area contributed by atoms with Gasteiger partial charge in [-0.1, -0.05) is 6.92 Å². The van der Waals surface area contributed by atoms with E-state index in [-0.39, 0.29) is 6.42 Å². The maximum absolute atomic E-state index is 11.4. The summed E-state index contributed by atoms with van der Waals surface area (Å²) in [5.41, 5.74) is 0. The lowest BCUT2D eigenvalue weighted by atomic mass is 9.98. The average Bonchev–Trinajstić information content (AvgIpc) is 2.13. The number of ketones is 2. The van der Waals surface area contributed by atoms with Crippen molar-refractivity contribution in [2.75, 3.05) is 0 Å². The Bertz CT molecular complexity index is 348. The molecule has 88 valence electrons. The number of esters is 2. The highest BCUT2D eigenvalue weighted by molar-refractivity contribution is 6.45. The molecule has 0 unspecified atom stereocenters. The molecule has 0 spiro atoms. The molecule has 0 saturated carbocycles. The minimum absolute atomic E-state index is 0.0702. The van der Waals surface area contributed by atoms with E-state index in [4.69, 9.17) is 9.47 Å². The molecule has 1 saturated heterocycles. The first-order chi connectivity index (χ1) is 7.28. The van der Waals surface area contributed by atoms with E-state index >= 15 is 0 Å². The van der Waals surface area contributed by atoms with Crippen LogP contribution in [0.4, 0.5) is 0 Å². The van der Waals surface area contributed by atoms with Gasteiger partial charge in [0.1, 0.15) is 0 Å². The van der Waals surface area contributed by atoms with Crippen LogP contribution in [0.5, 0.6) is 0 Å². The molecule has 1 rings (SSSR count). The van der Waals surface area contributed by atoms with Gasteiger partial charge >= 0.3 is 11.9 Å². The van der Waals surface area contributed by atoms with Crippen LogP contribution in [0.2, 0.25) is 0 Å². The van der Waals surface area contributed by atoms with Gasteiger partial charge in [0.25, 0.3) is 5.79 Å². The van der Waals surface area contributed by atoms with Crippen molar-refractivity contribution >= 4 is 23.5 Å². The van der Waals surface area contributed by atoms with Crippen molar-refractivity contribution in [3.05, 3.63) is 0 Å². The summed E-state index contributed by atoms with van der Waals surface area (Å²) < 4.78 is 9.43. The Balaban J connectivity index is 2.91. The van der Waals surface area contributed by atoms with E-state index in [9.17, 15) is 19.2 Å². The van der Waals surface area contributed by atoms with Crippen LogP contribution in [0.3, 0.4) is 0 Å². The van der Waals surface area contributed by atoms with Crippen molar-refractivity contribution in [2.45, 2.75) is 33.0 Å². The van der Waals surface area contributed by atoms with Gasteiger partial charge in [0.2, 0.25) is 11.7 Å². The van der Waals surface area contributed by atoms with E-state index in [1.807, 2.05) is 0 Å². The highest BCUT2D eigenvalue weighted by Crippen LogP contribution is 2.23. The molecule has 6 nitrogen and oxygen atoms in total. The van der Waals surface area contributed by atoms with Crippen molar-refractivity contribution < 1.29 is 28.7 Å². The largest absolute Gasteiger partial charge is 0.422 e. The number of hydrogen-bond acceptors (Lipinski definition) is 6. The first-order valence-corrected chi connectivity index (χ1v) is 4.81. The maximum atomic E-state index is 11.4. The zero-order valence-electron chi connectivity index (χ0n) is 9.23. The Morgan fingerprint density at radius 2 is 1.62 bits per heavy atom. The van der Waals surface area contributed by atoms with Crippen LogP contribution in [0, 0.1) is 5.92 Å². The first kappa shape index (κ1) is 12.4. The normalized spacial score (nSPS) is 19.9. The number of hydrogen-bond donors (Lipinski definition) is 0. The molecule has 0 amide bonds. The number of carbonyl (C=O) groups excluding carboxylic acids is 4. The summed E-state index contributed by atoms with van der Waals surface area (Å²) in [6.07, 6.45) is -0.0702. The third-order valence-corrected chi connectivity index (χ3v) is 2.02. The summed E-state index contributed by atoms with van der Waals surface area (Å²) >= 11 is 0. The van der Waals surface area contributed by atoms with Crippen molar-refractivity contribution in [1.29, 1.82) is 0 Å². The van der Waals surface area contributed by atoms with E-state index in [0.717, 1.165) is 0 Å². The fraction of sp³-hybridized carbons (Fsp3) is 0.600. The second kappa shape index (κ2) is 4.03. The summed E-state index contributed by atoms with van der Waals surface area (Å²) in [4.78, 5) is 45.3. The molecule has 0 aromatic carbocycles. The molecule has 0 aromatic heterocycles. The fourth-order valence-electron chi connectivity index (χ4n) is 1.27. The van der Waals surface area contributed by atoms with Crippen LogP contribution in [-0.4, -0.2) is 29.3 Å². The molecule has 0 radical (unpaired) electrons. The van der Waals surface area contributed by atoms with Gasteiger partial charge in [-0.05, 0) is 0 Å². The lowest BCUT2D eigenvalue weighted by Crippen LogP contribution is -2.50. The predicted molar refractivity (Wildman–Crippen MR) is 50.1 cm³/mol.